The number of carbonyl (C=O) groups excluding carboxylic acids is 2. The van der Waals surface area contributed by atoms with Crippen molar-refractivity contribution in [3.8, 4) is 0 Å². The molecule has 0 saturated heterocycles. The predicted molar refractivity (Wildman–Crippen MR) is 77.6 cm³/mol. The normalized spacial score (nSPS) is 13.0. The number of nitrogens with zero attached hydrogens (tertiary/aromatic N) is 1. The molecule has 1 N–H and O–H groups in total. The first-order valence-electron chi connectivity index (χ1n) is 7.16. The number of likely N-dealkylation sites (N-methyl/N-ethyl adjacent to an activating group) is 1. The maximum absolute atomic E-state index is 11.7. The van der Waals surface area contributed by atoms with Crippen molar-refractivity contribution in [3.63, 3.8) is 0 Å². The maximum atomic E-state index is 11.7. The maximum Gasteiger partial charge on any atom is 0.306 e. The fraction of sp³-hybridized carbons (Fsp3) is 0.667. The van der Waals surface area contributed by atoms with Gasteiger partial charge in [-0.25, -0.2) is 0 Å². The number of rotatable bonds is 11. The average molecular weight is 315 g/mol. The lowest BCUT2D eigenvalue weighted by Gasteiger charge is -2.29. The summed E-state index contributed by atoms with van der Waals surface area (Å²) in [5, 5.41) is 19.2. The largest absolute Gasteiger partial charge is 0.550 e. The van der Waals surface area contributed by atoms with Crippen LogP contribution < -0.4 is 5.11 Å². The third-order valence-corrected chi connectivity index (χ3v) is 2.65. The van der Waals surface area contributed by atoms with Crippen LogP contribution in [0.25, 0.3) is 0 Å². The topological polar surface area (TPSA) is 104 Å². The Balaban J connectivity index is 4.16. The third-order valence-electron chi connectivity index (χ3n) is 2.65. The average Bonchev–Trinajstić information content (AvgIpc) is 2.29. The summed E-state index contributed by atoms with van der Waals surface area (Å²) >= 11 is 0. The molecule has 126 valence electrons. The van der Waals surface area contributed by atoms with Crippen LogP contribution in [0.5, 0.6) is 0 Å². The highest BCUT2D eigenvalue weighted by Gasteiger charge is 2.22. The molecule has 0 aliphatic rings. The Kier molecular flexibility index (Phi) is 9.09. The summed E-state index contributed by atoms with van der Waals surface area (Å²) in [5.41, 5.74) is 0. The molecule has 0 saturated carbocycles. The first-order valence-corrected chi connectivity index (χ1v) is 7.16. The molecule has 0 spiro atoms. The SMILES string of the molecule is C[N+](C)(C)CC(CC(=O)[O-])OC(=O)CC/C=C/CCC(=O)O. The second kappa shape index (κ2) is 9.94. The van der Waals surface area contributed by atoms with Crippen molar-refractivity contribution >= 4 is 17.9 Å². The molecule has 0 amide bonds. The van der Waals surface area contributed by atoms with Crippen LogP contribution in [0.3, 0.4) is 0 Å². The van der Waals surface area contributed by atoms with Gasteiger partial charge in [0.25, 0.3) is 0 Å². The summed E-state index contributed by atoms with van der Waals surface area (Å²) in [6, 6.07) is 0. The molecule has 0 aromatic carbocycles. The highest BCUT2D eigenvalue weighted by molar-refractivity contribution is 5.71. The van der Waals surface area contributed by atoms with Gasteiger partial charge < -0.3 is 24.2 Å². The second-order valence-electron chi connectivity index (χ2n) is 6.10. The molecule has 0 aliphatic carbocycles. The summed E-state index contributed by atoms with van der Waals surface area (Å²) in [6.07, 6.45) is 3.41. The summed E-state index contributed by atoms with van der Waals surface area (Å²) in [7, 11) is 5.63. The summed E-state index contributed by atoms with van der Waals surface area (Å²) in [5.74, 6) is -2.59. The number of hydrogen-bond acceptors (Lipinski definition) is 5. The molecular weight excluding hydrogens is 290 g/mol. The molecule has 0 aromatic heterocycles. The molecule has 0 radical (unpaired) electrons. The van der Waals surface area contributed by atoms with Crippen molar-refractivity contribution in [2.75, 3.05) is 27.7 Å². The van der Waals surface area contributed by atoms with Crippen LogP contribution in [0.2, 0.25) is 0 Å². The van der Waals surface area contributed by atoms with Crippen LogP contribution in [0, 0.1) is 0 Å². The van der Waals surface area contributed by atoms with E-state index in [1.807, 2.05) is 21.1 Å². The van der Waals surface area contributed by atoms with E-state index in [-0.39, 0.29) is 19.3 Å². The summed E-state index contributed by atoms with van der Waals surface area (Å²) in [4.78, 5) is 32.7. The third kappa shape index (κ3) is 13.1. The summed E-state index contributed by atoms with van der Waals surface area (Å²) < 4.78 is 5.65. The van der Waals surface area contributed by atoms with Crippen LogP contribution in [0.15, 0.2) is 12.2 Å². The Morgan fingerprint density at radius 2 is 1.68 bits per heavy atom. The van der Waals surface area contributed by atoms with E-state index in [0.717, 1.165) is 0 Å². The zero-order chi connectivity index (χ0) is 17.2. The molecule has 7 heteroatoms. The highest BCUT2D eigenvalue weighted by atomic mass is 16.5. The number of hydrogen-bond donors (Lipinski definition) is 1. The quantitative estimate of drug-likeness (QED) is 0.325. The van der Waals surface area contributed by atoms with Crippen LogP contribution in [0.1, 0.15) is 32.1 Å². The molecule has 1 atom stereocenters. The first kappa shape index (κ1) is 20.1. The highest BCUT2D eigenvalue weighted by Crippen LogP contribution is 2.07. The van der Waals surface area contributed by atoms with E-state index >= 15 is 0 Å². The standard InChI is InChI=1S/C15H25NO6/c1-16(2,3)11-12(10-14(19)20)22-15(21)9-7-5-4-6-8-13(17)18/h4-5,12H,6-11H2,1-3H3,(H-,17,18,19,20)/b5-4+. The lowest BCUT2D eigenvalue weighted by Crippen LogP contribution is -2.45. The van der Waals surface area contributed by atoms with E-state index in [1.165, 1.54) is 0 Å². The summed E-state index contributed by atoms with van der Waals surface area (Å²) in [6.45, 7) is 0.383. The molecule has 1 unspecified atom stereocenters. The lowest BCUT2D eigenvalue weighted by atomic mass is 10.2. The Labute approximate surface area is 130 Å². The zero-order valence-electron chi connectivity index (χ0n) is 13.4. The Hall–Kier alpha value is -1.89. The van der Waals surface area contributed by atoms with Crippen molar-refractivity contribution in [2.24, 2.45) is 0 Å². The molecule has 7 nitrogen and oxygen atoms in total. The molecule has 22 heavy (non-hydrogen) atoms. The van der Waals surface area contributed by atoms with Gasteiger partial charge in [-0.2, -0.15) is 0 Å². The number of carboxylic acid groups (broad SMARTS) is 2. The van der Waals surface area contributed by atoms with Crippen LogP contribution in [0.4, 0.5) is 0 Å². The Bertz CT molecular complexity index is 411. The van der Waals surface area contributed by atoms with Gasteiger partial charge in [0.1, 0.15) is 6.54 Å². The number of carboxylic acids is 2. The van der Waals surface area contributed by atoms with Gasteiger partial charge in [-0.1, -0.05) is 12.2 Å². The van der Waals surface area contributed by atoms with E-state index in [1.54, 1.807) is 12.2 Å². The van der Waals surface area contributed by atoms with Gasteiger partial charge in [-0.05, 0) is 12.8 Å². The Morgan fingerprint density at radius 1 is 1.14 bits per heavy atom. The lowest BCUT2D eigenvalue weighted by molar-refractivity contribution is -0.873. The molecule has 0 bridgehead atoms. The van der Waals surface area contributed by atoms with Gasteiger partial charge in [-0.15, -0.1) is 0 Å². The van der Waals surface area contributed by atoms with E-state index in [4.69, 9.17) is 9.84 Å². The fourth-order valence-electron chi connectivity index (χ4n) is 1.83. The van der Waals surface area contributed by atoms with Crippen LogP contribution in [-0.2, 0) is 19.1 Å². The Morgan fingerprint density at radius 3 is 2.14 bits per heavy atom. The minimum Gasteiger partial charge on any atom is -0.550 e. The smallest absolute Gasteiger partial charge is 0.306 e. The second-order valence-corrected chi connectivity index (χ2v) is 6.10. The van der Waals surface area contributed by atoms with Crippen LogP contribution >= 0.6 is 0 Å². The fourth-order valence-corrected chi connectivity index (χ4v) is 1.83. The zero-order valence-corrected chi connectivity index (χ0v) is 13.4. The molecule has 0 heterocycles. The number of quaternary nitrogens is 1. The van der Waals surface area contributed by atoms with Gasteiger partial charge in [0, 0.05) is 25.2 Å². The number of ether oxygens (including phenoxy) is 1. The van der Waals surface area contributed by atoms with Gasteiger partial charge in [0.2, 0.25) is 0 Å². The monoisotopic (exact) mass is 315 g/mol. The van der Waals surface area contributed by atoms with Crippen molar-refractivity contribution in [2.45, 2.75) is 38.2 Å². The minimum absolute atomic E-state index is 0.0537. The van der Waals surface area contributed by atoms with Gasteiger partial charge in [-0.3, -0.25) is 9.59 Å². The van der Waals surface area contributed by atoms with E-state index in [9.17, 15) is 19.5 Å². The molecule has 0 aromatic rings. The van der Waals surface area contributed by atoms with Crippen LogP contribution in [-0.4, -0.2) is 61.3 Å². The minimum atomic E-state index is -1.25. The molecule has 0 aliphatic heterocycles. The molecule has 0 rings (SSSR count). The first-order chi connectivity index (χ1) is 10.1. The van der Waals surface area contributed by atoms with Crippen molar-refractivity contribution in [3.05, 3.63) is 12.2 Å². The number of allylic oxidation sites excluding steroid dienone is 2. The number of carbonyl (C=O) groups is 3. The van der Waals surface area contributed by atoms with Gasteiger partial charge in [0.15, 0.2) is 6.10 Å². The van der Waals surface area contributed by atoms with Gasteiger partial charge in [0.05, 0.1) is 21.1 Å². The van der Waals surface area contributed by atoms with Gasteiger partial charge >= 0.3 is 11.9 Å². The van der Waals surface area contributed by atoms with E-state index in [0.29, 0.717) is 23.9 Å². The van der Waals surface area contributed by atoms with Crippen molar-refractivity contribution in [1.82, 2.24) is 0 Å². The van der Waals surface area contributed by atoms with E-state index < -0.39 is 24.0 Å². The predicted octanol–water partition coefficient (Wildman–Crippen LogP) is -0.0544. The van der Waals surface area contributed by atoms with Crippen molar-refractivity contribution in [1.29, 1.82) is 0 Å². The molecular formula is C15H25NO6. The molecule has 0 fully saturated rings. The van der Waals surface area contributed by atoms with E-state index in [2.05, 4.69) is 0 Å². The number of esters is 1. The van der Waals surface area contributed by atoms with Crippen molar-refractivity contribution < 1.29 is 33.8 Å². The number of aliphatic carboxylic acids is 2.